The van der Waals surface area contributed by atoms with Crippen molar-refractivity contribution in [1.82, 2.24) is 10.0 Å². The zero-order valence-corrected chi connectivity index (χ0v) is 8.65. The Bertz CT molecular complexity index is 308. The Morgan fingerprint density at radius 2 is 2.29 bits per heavy atom. The zero-order valence-electron chi connectivity index (χ0n) is 8.65. The predicted molar refractivity (Wildman–Crippen MR) is 52.7 cm³/mol. The van der Waals surface area contributed by atoms with Gasteiger partial charge in [0.2, 0.25) is 0 Å². The van der Waals surface area contributed by atoms with Gasteiger partial charge in [-0.1, -0.05) is 13.0 Å². The van der Waals surface area contributed by atoms with E-state index in [1.807, 2.05) is 13.0 Å². The average molecular weight is 194 g/mol. The van der Waals surface area contributed by atoms with E-state index in [2.05, 4.69) is 4.98 Å². The van der Waals surface area contributed by atoms with Crippen molar-refractivity contribution < 1.29 is 9.63 Å². The van der Waals surface area contributed by atoms with Crippen LogP contribution in [0.15, 0.2) is 18.3 Å². The summed E-state index contributed by atoms with van der Waals surface area (Å²) in [6, 6.07) is 3.60. The zero-order chi connectivity index (χ0) is 10.6. The number of hydroxylamine groups is 2. The Morgan fingerprint density at radius 1 is 1.57 bits per heavy atom. The van der Waals surface area contributed by atoms with Gasteiger partial charge in [-0.2, -0.15) is 0 Å². The van der Waals surface area contributed by atoms with Crippen LogP contribution in [0.5, 0.6) is 0 Å². The Kier molecular flexibility index (Phi) is 3.59. The maximum atomic E-state index is 11.5. The van der Waals surface area contributed by atoms with Gasteiger partial charge in [-0.25, -0.2) is 5.06 Å². The number of pyridine rings is 1. The second-order valence-electron chi connectivity index (χ2n) is 2.89. The summed E-state index contributed by atoms with van der Waals surface area (Å²) >= 11 is 0. The van der Waals surface area contributed by atoms with Crippen LogP contribution in [0.1, 0.15) is 23.0 Å². The molecule has 1 heterocycles. The minimum Gasteiger partial charge on any atom is -0.274 e. The molecule has 1 amide bonds. The summed E-state index contributed by atoms with van der Waals surface area (Å²) in [6.45, 7) is 2.04. The molecule has 4 heteroatoms. The normalized spacial score (nSPS) is 9.93. The smallest absolute Gasteiger partial charge is 0.274 e. The van der Waals surface area contributed by atoms with Crippen molar-refractivity contribution in [1.29, 1.82) is 0 Å². The maximum Gasteiger partial charge on any atom is 0.295 e. The van der Waals surface area contributed by atoms with Crippen molar-refractivity contribution in [3.63, 3.8) is 0 Å². The minimum atomic E-state index is -0.241. The molecule has 0 aliphatic heterocycles. The molecule has 76 valence electrons. The van der Waals surface area contributed by atoms with Gasteiger partial charge in [0.05, 0.1) is 7.11 Å². The van der Waals surface area contributed by atoms with E-state index < -0.39 is 0 Å². The van der Waals surface area contributed by atoms with Crippen LogP contribution >= 0.6 is 0 Å². The van der Waals surface area contributed by atoms with Gasteiger partial charge in [0.15, 0.2) is 0 Å². The van der Waals surface area contributed by atoms with Gasteiger partial charge in [-0.05, 0) is 18.1 Å². The third-order valence-corrected chi connectivity index (χ3v) is 2.01. The van der Waals surface area contributed by atoms with Crippen molar-refractivity contribution >= 4 is 5.91 Å². The lowest BCUT2D eigenvalue weighted by Gasteiger charge is -2.12. The molecule has 0 unspecified atom stereocenters. The van der Waals surface area contributed by atoms with E-state index in [4.69, 9.17) is 4.84 Å². The minimum absolute atomic E-state index is 0.241. The number of aromatic nitrogens is 1. The topological polar surface area (TPSA) is 42.4 Å². The molecule has 0 radical (unpaired) electrons. The fourth-order valence-corrected chi connectivity index (χ4v) is 1.00. The van der Waals surface area contributed by atoms with E-state index in [0.717, 1.165) is 17.0 Å². The SMILES string of the molecule is CCc1ccc(C(=O)N(C)OC)nc1. The molecule has 1 aromatic rings. The third kappa shape index (κ3) is 2.29. The summed E-state index contributed by atoms with van der Waals surface area (Å²) in [6.07, 6.45) is 2.62. The number of aryl methyl sites for hydroxylation is 1. The number of carbonyl (C=O) groups excluding carboxylic acids is 1. The van der Waals surface area contributed by atoms with Crippen molar-refractivity contribution in [2.75, 3.05) is 14.2 Å². The first-order chi connectivity index (χ1) is 6.69. The van der Waals surface area contributed by atoms with Gasteiger partial charge in [-0.15, -0.1) is 0 Å². The van der Waals surface area contributed by atoms with Crippen molar-refractivity contribution in [2.45, 2.75) is 13.3 Å². The molecule has 0 atom stereocenters. The van der Waals surface area contributed by atoms with Gasteiger partial charge in [0, 0.05) is 13.2 Å². The van der Waals surface area contributed by atoms with E-state index in [9.17, 15) is 4.79 Å². The fourth-order valence-electron chi connectivity index (χ4n) is 1.00. The second-order valence-corrected chi connectivity index (χ2v) is 2.89. The van der Waals surface area contributed by atoms with E-state index >= 15 is 0 Å². The Hall–Kier alpha value is -1.42. The number of carbonyl (C=O) groups is 1. The molecule has 0 bridgehead atoms. The summed E-state index contributed by atoms with van der Waals surface area (Å²) in [7, 11) is 3.00. The molecule has 1 rings (SSSR count). The Balaban J connectivity index is 2.81. The first-order valence-corrected chi connectivity index (χ1v) is 4.46. The van der Waals surface area contributed by atoms with Crippen LogP contribution in [0.25, 0.3) is 0 Å². The summed E-state index contributed by atoms with van der Waals surface area (Å²) < 4.78 is 0. The van der Waals surface area contributed by atoms with Gasteiger partial charge >= 0.3 is 0 Å². The highest BCUT2D eigenvalue weighted by Crippen LogP contribution is 2.03. The van der Waals surface area contributed by atoms with Crippen LogP contribution < -0.4 is 0 Å². The van der Waals surface area contributed by atoms with Crippen LogP contribution in [-0.4, -0.2) is 30.1 Å². The molecule has 1 aromatic heterocycles. The number of hydrogen-bond donors (Lipinski definition) is 0. The van der Waals surface area contributed by atoms with E-state index in [0.29, 0.717) is 5.69 Å². The summed E-state index contributed by atoms with van der Waals surface area (Å²) in [5, 5.41) is 1.15. The van der Waals surface area contributed by atoms with E-state index in [1.54, 1.807) is 19.3 Å². The molecule has 0 aliphatic carbocycles. The number of nitrogens with zero attached hydrogens (tertiary/aromatic N) is 2. The number of amides is 1. The van der Waals surface area contributed by atoms with Crippen LogP contribution in [-0.2, 0) is 11.3 Å². The quantitative estimate of drug-likeness (QED) is 0.681. The molecule has 0 fully saturated rings. The molecule has 0 aliphatic rings. The molecule has 4 nitrogen and oxygen atoms in total. The van der Waals surface area contributed by atoms with Gasteiger partial charge in [0.1, 0.15) is 5.69 Å². The maximum absolute atomic E-state index is 11.5. The van der Waals surface area contributed by atoms with Crippen molar-refractivity contribution in [3.05, 3.63) is 29.6 Å². The highest BCUT2D eigenvalue weighted by Gasteiger charge is 2.11. The van der Waals surface area contributed by atoms with E-state index in [1.165, 1.54) is 7.11 Å². The molecule has 0 spiro atoms. The van der Waals surface area contributed by atoms with Crippen LogP contribution in [0.3, 0.4) is 0 Å². The van der Waals surface area contributed by atoms with Gasteiger partial charge in [-0.3, -0.25) is 14.6 Å². The summed E-state index contributed by atoms with van der Waals surface area (Å²) in [4.78, 5) is 20.3. The lowest BCUT2D eigenvalue weighted by atomic mass is 10.2. The van der Waals surface area contributed by atoms with Crippen LogP contribution in [0.4, 0.5) is 0 Å². The predicted octanol–water partition coefficient (Wildman–Crippen LogP) is 1.28. The monoisotopic (exact) mass is 194 g/mol. The third-order valence-electron chi connectivity index (χ3n) is 2.01. The molecule has 0 aromatic carbocycles. The highest BCUT2D eigenvalue weighted by molar-refractivity contribution is 5.91. The molecule has 0 N–H and O–H groups in total. The van der Waals surface area contributed by atoms with Crippen LogP contribution in [0, 0.1) is 0 Å². The fraction of sp³-hybridized carbons (Fsp3) is 0.400. The number of rotatable bonds is 3. The van der Waals surface area contributed by atoms with Crippen molar-refractivity contribution in [2.24, 2.45) is 0 Å². The lowest BCUT2D eigenvalue weighted by Crippen LogP contribution is -2.26. The first-order valence-electron chi connectivity index (χ1n) is 4.46. The second kappa shape index (κ2) is 4.72. The van der Waals surface area contributed by atoms with Crippen LogP contribution in [0.2, 0.25) is 0 Å². The van der Waals surface area contributed by atoms with Crippen molar-refractivity contribution in [3.8, 4) is 0 Å². The summed E-state index contributed by atoms with van der Waals surface area (Å²) in [5.74, 6) is -0.241. The molecule has 0 saturated heterocycles. The average Bonchev–Trinajstić information content (AvgIpc) is 2.27. The molecule has 0 saturated carbocycles. The standard InChI is InChI=1S/C10H14N2O2/c1-4-8-5-6-9(11-7-8)10(13)12(2)14-3/h5-7H,4H2,1-3H3. The van der Waals surface area contributed by atoms with E-state index in [-0.39, 0.29) is 5.91 Å². The molecular weight excluding hydrogens is 180 g/mol. The molecular formula is C10H14N2O2. The summed E-state index contributed by atoms with van der Waals surface area (Å²) in [5.41, 5.74) is 1.51. The van der Waals surface area contributed by atoms with Gasteiger partial charge < -0.3 is 0 Å². The highest BCUT2D eigenvalue weighted by atomic mass is 16.7. The largest absolute Gasteiger partial charge is 0.295 e. The number of hydrogen-bond acceptors (Lipinski definition) is 3. The van der Waals surface area contributed by atoms with Gasteiger partial charge in [0.25, 0.3) is 5.91 Å². The Morgan fingerprint density at radius 3 is 2.71 bits per heavy atom. The molecule has 14 heavy (non-hydrogen) atoms. The lowest BCUT2D eigenvalue weighted by molar-refractivity contribution is -0.0760. The Labute approximate surface area is 83.5 Å². The first kappa shape index (κ1) is 10.7.